The molecule has 0 spiro atoms. The molecular formula is C13H16N2O2. The molecule has 4 heteroatoms. The Labute approximate surface area is 100 Å². The minimum absolute atomic E-state index is 0.0686. The monoisotopic (exact) mass is 232 g/mol. The molecule has 0 unspecified atom stereocenters. The number of benzene rings is 1. The largest absolute Gasteiger partial charge is 0.481 e. The number of aliphatic hydroxyl groups excluding tert-OH is 1. The second kappa shape index (κ2) is 4.59. The van der Waals surface area contributed by atoms with Crippen molar-refractivity contribution in [2.75, 3.05) is 7.11 Å². The summed E-state index contributed by atoms with van der Waals surface area (Å²) in [6, 6.07) is 7.98. The third-order valence-electron chi connectivity index (χ3n) is 2.73. The quantitative estimate of drug-likeness (QED) is 0.880. The van der Waals surface area contributed by atoms with Crippen LogP contribution in [0.1, 0.15) is 16.8 Å². The van der Waals surface area contributed by atoms with E-state index in [0.717, 1.165) is 22.5 Å². The van der Waals surface area contributed by atoms with E-state index in [9.17, 15) is 5.11 Å². The summed E-state index contributed by atoms with van der Waals surface area (Å²) >= 11 is 0. The van der Waals surface area contributed by atoms with Gasteiger partial charge in [0.05, 0.1) is 30.7 Å². The van der Waals surface area contributed by atoms with Crippen molar-refractivity contribution in [3.63, 3.8) is 0 Å². The van der Waals surface area contributed by atoms with Gasteiger partial charge in [-0.2, -0.15) is 5.10 Å². The van der Waals surface area contributed by atoms with Crippen LogP contribution >= 0.6 is 0 Å². The molecule has 0 bridgehead atoms. The molecular weight excluding hydrogens is 216 g/mol. The predicted molar refractivity (Wildman–Crippen MR) is 65.5 cm³/mol. The molecule has 1 N–H and O–H groups in total. The first kappa shape index (κ1) is 11.7. The van der Waals surface area contributed by atoms with Crippen molar-refractivity contribution >= 4 is 0 Å². The molecule has 0 aliphatic heterocycles. The van der Waals surface area contributed by atoms with Crippen molar-refractivity contribution in [3.8, 4) is 11.6 Å². The van der Waals surface area contributed by atoms with Crippen LogP contribution in [-0.2, 0) is 6.61 Å². The molecule has 0 aliphatic carbocycles. The van der Waals surface area contributed by atoms with Gasteiger partial charge in [-0.05, 0) is 31.5 Å². The third kappa shape index (κ3) is 2.03. The van der Waals surface area contributed by atoms with E-state index in [4.69, 9.17) is 4.74 Å². The van der Waals surface area contributed by atoms with E-state index in [1.807, 2.05) is 38.1 Å². The van der Waals surface area contributed by atoms with Gasteiger partial charge in [0.2, 0.25) is 5.88 Å². The van der Waals surface area contributed by atoms with E-state index in [-0.39, 0.29) is 6.61 Å². The van der Waals surface area contributed by atoms with Crippen LogP contribution in [0.3, 0.4) is 0 Å². The van der Waals surface area contributed by atoms with Crippen LogP contribution < -0.4 is 4.74 Å². The zero-order chi connectivity index (χ0) is 12.4. The van der Waals surface area contributed by atoms with E-state index in [2.05, 4.69) is 5.10 Å². The Morgan fingerprint density at radius 2 is 2.12 bits per heavy atom. The van der Waals surface area contributed by atoms with Crippen LogP contribution in [0.15, 0.2) is 24.3 Å². The summed E-state index contributed by atoms with van der Waals surface area (Å²) in [4.78, 5) is 0. The summed E-state index contributed by atoms with van der Waals surface area (Å²) in [5, 5.41) is 13.7. The van der Waals surface area contributed by atoms with Gasteiger partial charge in [0, 0.05) is 0 Å². The molecule has 2 rings (SSSR count). The van der Waals surface area contributed by atoms with Crippen LogP contribution in [0.25, 0.3) is 5.69 Å². The zero-order valence-electron chi connectivity index (χ0n) is 10.3. The van der Waals surface area contributed by atoms with Crippen LogP contribution in [0.2, 0.25) is 0 Å². The number of aliphatic hydroxyl groups is 1. The first-order chi connectivity index (χ1) is 8.17. The maximum atomic E-state index is 9.31. The van der Waals surface area contributed by atoms with Gasteiger partial charge in [-0.25, -0.2) is 4.68 Å². The lowest BCUT2D eigenvalue weighted by molar-refractivity contribution is 0.271. The van der Waals surface area contributed by atoms with E-state index in [1.165, 1.54) is 0 Å². The molecule has 4 nitrogen and oxygen atoms in total. The van der Waals surface area contributed by atoms with Crippen LogP contribution in [-0.4, -0.2) is 22.0 Å². The second-order valence-corrected chi connectivity index (χ2v) is 3.98. The molecule has 0 saturated carbocycles. The molecule has 1 heterocycles. The Balaban J connectivity index is 2.59. The fourth-order valence-electron chi connectivity index (χ4n) is 1.86. The Hall–Kier alpha value is -1.81. The number of aryl methyl sites for hydroxylation is 2. The number of rotatable bonds is 3. The van der Waals surface area contributed by atoms with Gasteiger partial charge in [-0.3, -0.25) is 0 Å². The molecule has 2 aromatic rings. The zero-order valence-corrected chi connectivity index (χ0v) is 10.3. The Kier molecular flexibility index (Phi) is 3.15. The lowest BCUT2D eigenvalue weighted by Gasteiger charge is -2.07. The summed E-state index contributed by atoms with van der Waals surface area (Å²) in [7, 11) is 1.59. The first-order valence-corrected chi connectivity index (χ1v) is 5.47. The Morgan fingerprint density at radius 1 is 1.35 bits per heavy atom. The predicted octanol–water partition coefficient (Wildman–Crippen LogP) is 1.99. The van der Waals surface area contributed by atoms with Crippen molar-refractivity contribution < 1.29 is 9.84 Å². The number of aromatic nitrogens is 2. The SMILES string of the molecule is COc1c(CO)c(C)nn1-c1cccc(C)c1. The topological polar surface area (TPSA) is 47.3 Å². The van der Waals surface area contributed by atoms with Crippen molar-refractivity contribution in [2.24, 2.45) is 0 Å². The molecule has 1 aromatic carbocycles. The highest BCUT2D eigenvalue weighted by atomic mass is 16.5. The van der Waals surface area contributed by atoms with Crippen molar-refractivity contribution in [3.05, 3.63) is 41.1 Å². The molecule has 0 aliphatic rings. The highest BCUT2D eigenvalue weighted by Gasteiger charge is 2.16. The summed E-state index contributed by atoms with van der Waals surface area (Å²) in [5.74, 6) is 0.593. The third-order valence-corrected chi connectivity index (χ3v) is 2.73. The lowest BCUT2D eigenvalue weighted by atomic mass is 10.2. The van der Waals surface area contributed by atoms with E-state index < -0.39 is 0 Å². The van der Waals surface area contributed by atoms with Gasteiger partial charge in [-0.15, -0.1) is 0 Å². The van der Waals surface area contributed by atoms with Crippen LogP contribution in [0.5, 0.6) is 5.88 Å². The molecule has 0 fully saturated rings. The summed E-state index contributed by atoms with van der Waals surface area (Å²) in [6.07, 6.45) is 0. The highest BCUT2D eigenvalue weighted by molar-refractivity contribution is 5.42. The Morgan fingerprint density at radius 3 is 2.71 bits per heavy atom. The van der Waals surface area contributed by atoms with Gasteiger partial charge >= 0.3 is 0 Å². The van der Waals surface area contributed by atoms with E-state index in [0.29, 0.717) is 5.88 Å². The summed E-state index contributed by atoms with van der Waals surface area (Å²) in [5.41, 5.74) is 3.60. The number of methoxy groups -OCH3 is 1. The average Bonchev–Trinajstić information content (AvgIpc) is 2.65. The first-order valence-electron chi connectivity index (χ1n) is 5.47. The number of nitrogens with zero attached hydrogens (tertiary/aromatic N) is 2. The Bertz CT molecular complexity index is 532. The van der Waals surface area contributed by atoms with Crippen molar-refractivity contribution in [2.45, 2.75) is 20.5 Å². The maximum Gasteiger partial charge on any atom is 0.222 e. The minimum atomic E-state index is -0.0686. The van der Waals surface area contributed by atoms with Gasteiger partial charge in [0.1, 0.15) is 0 Å². The fourth-order valence-corrected chi connectivity index (χ4v) is 1.86. The smallest absolute Gasteiger partial charge is 0.222 e. The van der Waals surface area contributed by atoms with Crippen LogP contribution in [0.4, 0.5) is 0 Å². The summed E-state index contributed by atoms with van der Waals surface area (Å²) in [6.45, 7) is 3.82. The summed E-state index contributed by atoms with van der Waals surface area (Å²) < 4.78 is 7.04. The number of hydrogen-bond donors (Lipinski definition) is 1. The fraction of sp³-hybridized carbons (Fsp3) is 0.308. The second-order valence-electron chi connectivity index (χ2n) is 3.98. The minimum Gasteiger partial charge on any atom is -0.481 e. The number of hydrogen-bond acceptors (Lipinski definition) is 3. The normalized spacial score (nSPS) is 10.6. The molecule has 0 radical (unpaired) electrons. The molecule has 1 aromatic heterocycles. The van der Waals surface area contributed by atoms with Crippen molar-refractivity contribution in [1.82, 2.24) is 9.78 Å². The molecule has 90 valence electrons. The average molecular weight is 232 g/mol. The molecule has 17 heavy (non-hydrogen) atoms. The molecule has 0 amide bonds. The van der Waals surface area contributed by atoms with Gasteiger partial charge in [0.25, 0.3) is 0 Å². The molecule has 0 saturated heterocycles. The van der Waals surface area contributed by atoms with Crippen LogP contribution in [0, 0.1) is 13.8 Å². The van der Waals surface area contributed by atoms with Crippen molar-refractivity contribution in [1.29, 1.82) is 0 Å². The number of ether oxygens (including phenoxy) is 1. The molecule has 0 atom stereocenters. The van der Waals surface area contributed by atoms with E-state index in [1.54, 1.807) is 11.8 Å². The van der Waals surface area contributed by atoms with Gasteiger partial charge in [0.15, 0.2) is 0 Å². The lowest BCUT2D eigenvalue weighted by Crippen LogP contribution is -2.01. The maximum absolute atomic E-state index is 9.31. The van der Waals surface area contributed by atoms with Gasteiger partial charge < -0.3 is 9.84 Å². The highest BCUT2D eigenvalue weighted by Crippen LogP contribution is 2.25. The standard InChI is InChI=1S/C13H16N2O2/c1-9-5-4-6-11(7-9)15-13(17-3)12(8-16)10(2)14-15/h4-7,16H,8H2,1-3H3. The van der Waals surface area contributed by atoms with E-state index >= 15 is 0 Å². The van der Waals surface area contributed by atoms with Gasteiger partial charge in [-0.1, -0.05) is 12.1 Å².